The standard InChI is InChI=1S/C19H28O2S/c1-2-3-5-10-17-11-8-9-12-18(17)15-16-22(20,21)19-13-6-4-7-14-19/h4,6-7,10,13-14,18H,2-3,5,8-9,11-12,15-16H2,1H3. The largest absolute Gasteiger partial charge is 0.224 e. The van der Waals surface area contributed by atoms with E-state index >= 15 is 0 Å². The number of unbranched alkanes of at least 4 members (excludes halogenated alkanes) is 2. The third-order valence-corrected chi connectivity index (χ3v) is 6.36. The highest BCUT2D eigenvalue weighted by Crippen LogP contribution is 2.33. The van der Waals surface area contributed by atoms with Crippen LogP contribution in [0.1, 0.15) is 58.3 Å². The van der Waals surface area contributed by atoms with E-state index in [0.717, 1.165) is 19.3 Å². The van der Waals surface area contributed by atoms with Crippen molar-refractivity contribution in [3.63, 3.8) is 0 Å². The van der Waals surface area contributed by atoms with E-state index in [9.17, 15) is 8.42 Å². The van der Waals surface area contributed by atoms with Gasteiger partial charge in [0, 0.05) is 0 Å². The highest BCUT2D eigenvalue weighted by atomic mass is 32.2. The molecule has 1 fully saturated rings. The zero-order valence-electron chi connectivity index (χ0n) is 13.6. The Balaban J connectivity index is 1.98. The fourth-order valence-corrected chi connectivity index (χ4v) is 4.64. The van der Waals surface area contributed by atoms with E-state index in [4.69, 9.17) is 0 Å². The quantitative estimate of drug-likeness (QED) is 0.514. The molecule has 1 unspecified atom stereocenters. The van der Waals surface area contributed by atoms with Gasteiger partial charge in [-0.1, -0.05) is 56.0 Å². The second kappa shape index (κ2) is 8.52. The van der Waals surface area contributed by atoms with Gasteiger partial charge in [0.25, 0.3) is 0 Å². The van der Waals surface area contributed by atoms with Gasteiger partial charge in [-0.05, 0) is 50.2 Å². The van der Waals surface area contributed by atoms with Crippen LogP contribution in [0.2, 0.25) is 0 Å². The van der Waals surface area contributed by atoms with E-state index in [0.29, 0.717) is 10.8 Å². The molecule has 1 aromatic carbocycles. The zero-order valence-corrected chi connectivity index (χ0v) is 14.4. The lowest BCUT2D eigenvalue weighted by atomic mass is 9.82. The molecule has 1 aromatic rings. The maximum Gasteiger partial charge on any atom is 0.178 e. The van der Waals surface area contributed by atoms with Crippen LogP contribution in [0.4, 0.5) is 0 Å². The lowest BCUT2D eigenvalue weighted by Gasteiger charge is -2.25. The van der Waals surface area contributed by atoms with Crippen LogP contribution < -0.4 is 0 Å². The molecule has 2 nitrogen and oxygen atoms in total. The third kappa shape index (κ3) is 4.98. The smallest absolute Gasteiger partial charge is 0.178 e. The van der Waals surface area contributed by atoms with Gasteiger partial charge in [-0.2, -0.15) is 0 Å². The molecule has 0 aromatic heterocycles. The molecular formula is C19H28O2S. The van der Waals surface area contributed by atoms with E-state index in [1.54, 1.807) is 24.3 Å². The highest BCUT2D eigenvalue weighted by Gasteiger charge is 2.22. The molecule has 0 aliphatic heterocycles. The number of sulfone groups is 1. The van der Waals surface area contributed by atoms with Gasteiger partial charge >= 0.3 is 0 Å². The van der Waals surface area contributed by atoms with Gasteiger partial charge in [0.05, 0.1) is 10.6 Å². The van der Waals surface area contributed by atoms with Gasteiger partial charge in [0.1, 0.15) is 0 Å². The number of benzene rings is 1. The summed E-state index contributed by atoms with van der Waals surface area (Å²) in [5.74, 6) is 0.747. The summed E-state index contributed by atoms with van der Waals surface area (Å²) in [5, 5.41) is 0. The number of rotatable bonds is 7. The summed E-state index contributed by atoms with van der Waals surface area (Å²) in [6.07, 6.45) is 11.6. The second-order valence-electron chi connectivity index (χ2n) is 6.28. The molecule has 1 saturated carbocycles. The first-order valence-corrected chi connectivity index (χ1v) is 10.3. The first kappa shape index (κ1) is 17.3. The highest BCUT2D eigenvalue weighted by molar-refractivity contribution is 7.91. The van der Waals surface area contributed by atoms with Crippen molar-refractivity contribution in [2.24, 2.45) is 5.92 Å². The third-order valence-electron chi connectivity index (χ3n) is 4.59. The Hall–Kier alpha value is -1.09. The fourth-order valence-electron chi connectivity index (χ4n) is 3.24. The molecule has 0 heterocycles. The molecule has 1 aliphatic carbocycles. The lowest BCUT2D eigenvalue weighted by molar-refractivity contribution is 0.439. The Bertz CT molecular complexity index is 573. The first-order valence-electron chi connectivity index (χ1n) is 8.60. The summed E-state index contributed by atoms with van der Waals surface area (Å²) in [5.41, 5.74) is 1.52. The van der Waals surface area contributed by atoms with E-state index in [2.05, 4.69) is 13.0 Å². The van der Waals surface area contributed by atoms with Gasteiger partial charge in [-0.3, -0.25) is 0 Å². The van der Waals surface area contributed by atoms with Gasteiger partial charge in [-0.15, -0.1) is 0 Å². The first-order chi connectivity index (χ1) is 10.6. The van der Waals surface area contributed by atoms with Crippen molar-refractivity contribution in [2.45, 2.75) is 63.2 Å². The van der Waals surface area contributed by atoms with Gasteiger partial charge in [0.2, 0.25) is 0 Å². The Morgan fingerprint density at radius 3 is 2.68 bits per heavy atom. The molecule has 0 radical (unpaired) electrons. The van der Waals surface area contributed by atoms with Crippen molar-refractivity contribution in [2.75, 3.05) is 5.75 Å². The molecule has 1 atom stereocenters. The fraction of sp³-hybridized carbons (Fsp3) is 0.579. The lowest BCUT2D eigenvalue weighted by Crippen LogP contribution is -2.16. The molecule has 0 saturated heterocycles. The van der Waals surface area contributed by atoms with Crippen molar-refractivity contribution in [1.82, 2.24) is 0 Å². The van der Waals surface area contributed by atoms with Crippen molar-refractivity contribution in [1.29, 1.82) is 0 Å². The van der Waals surface area contributed by atoms with Crippen molar-refractivity contribution in [3.05, 3.63) is 42.0 Å². The van der Waals surface area contributed by atoms with Crippen LogP contribution in [0.5, 0.6) is 0 Å². The summed E-state index contributed by atoms with van der Waals surface area (Å²) in [4.78, 5) is 0.460. The Kier molecular flexibility index (Phi) is 6.69. The average molecular weight is 320 g/mol. The SMILES string of the molecule is CCCCC=C1CCCCC1CCS(=O)(=O)c1ccccc1. The maximum absolute atomic E-state index is 12.4. The maximum atomic E-state index is 12.4. The predicted molar refractivity (Wildman–Crippen MR) is 92.7 cm³/mol. The topological polar surface area (TPSA) is 34.1 Å². The summed E-state index contributed by atoms with van der Waals surface area (Å²) >= 11 is 0. The summed E-state index contributed by atoms with van der Waals surface area (Å²) < 4.78 is 24.8. The van der Waals surface area contributed by atoms with Crippen molar-refractivity contribution < 1.29 is 8.42 Å². The van der Waals surface area contributed by atoms with Crippen molar-refractivity contribution >= 4 is 9.84 Å². The second-order valence-corrected chi connectivity index (χ2v) is 8.39. The molecule has 0 spiro atoms. The molecule has 2 rings (SSSR count). The Labute approximate surface area is 135 Å². The minimum atomic E-state index is -3.14. The Morgan fingerprint density at radius 1 is 1.18 bits per heavy atom. The number of allylic oxidation sites excluding steroid dienone is 2. The van der Waals surface area contributed by atoms with Crippen LogP contribution in [-0.4, -0.2) is 14.2 Å². The number of hydrogen-bond acceptors (Lipinski definition) is 2. The average Bonchev–Trinajstić information content (AvgIpc) is 2.55. The summed E-state index contributed by atoms with van der Waals surface area (Å²) in [7, 11) is -3.14. The van der Waals surface area contributed by atoms with Gasteiger partial charge in [0.15, 0.2) is 9.84 Å². The van der Waals surface area contributed by atoms with E-state index < -0.39 is 9.84 Å². The molecular weight excluding hydrogens is 292 g/mol. The molecule has 1 aliphatic rings. The predicted octanol–water partition coefficient (Wildman–Crippen LogP) is 5.16. The molecule has 0 bridgehead atoms. The van der Waals surface area contributed by atoms with Crippen LogP contribution in [0.25, 0.3) is 0 Å². The van der Waals surface area contributed by atoms with E-state index in [-0.39, 0.29) is 5.75 Å². The minimum Gasteiger partial charge on any atom is -0.224 e. The van der Waals surface area contributed by atoms with Gasteiger partial charge < -0.3 is 0 Å². The molecule has 3 heteroatoms. The Morgan fingerprint density at radius 2 is 1.95 bits per heavy atom. The minimum absolute atomic E-state index is 0.271. The van der Waals surface area contributed by atoms with Crippen LogP contribution in [-0.2, 0) is 9.84 Å². The summed E-state index contributed by atoms with van der Waals surface area (Å²) in [6.45, 7) is 2.21. The molecule has 0 N–H and O–H groups in total. The van der Waals surface area contributed by atoms with E-state index in [1.165, 1.54) is 37.7 Å². The van der Waals surface area contributed by atoms with Crippen LogP contribution in [0, 0.1) is 5.92 Å². The molecule has 22 heavy (non-hydrogen) atoms. The monoisotopic (exact) mass is 320 g/mol. The number of hydrogen-bond donors (Lipinski definition) is 0. The van der Waals surface area contributed by atoms with Crippen molar-refractivity contribution in [3.8, 4) is 0 Å². The van der Waals surface area contributed by atoms with Crippen LogP contribution >= 0.6 is 0 Å². The summed E-state index contributed by atoms with van der Waals surface area (Å²) in [6, 6.07) is 8.85. The molecule has 122 valence electrons. The molecule has 0 amide bonds. The normalized spacial score (nSPS) is 21.1. The van der Waals surface area contributed by atoms with Crippen LogP contribution in [0.15, 0.2) is 46.9 Å². The zero-order chi connectivity index (χ0) is 15.8. The van der Waals surface area contributed by atoms with Crippen LogP contribution in [0.3, 0.4) is 0 Å². The van der Waals surface area contributed by atoms with Gasteiger partial charge in [-0.25, -0.2) is 8.42 Å². The van der Waals surface area contributed by atoms with E-state index in [1.807, 2.05) is 6.07 Å².